The first-order valence-corrected chi connectivity index (χ1v) is 13.1. The van der Waals surface area contributed by atoms with Gasteiger partial charge in [0.05, 0.1) is 31.0 Å². The Kier molecular flexibility index (Phi) is 8.34. The minimum atomic E-state index is -1.18. The van der Waals surface area contributed by atoms with Crippen molar-refractivity contribution in [1.82, 2.24) is 4.98 Å². The van der Waals surface area contributed by atoms with Gasteiger partial charge in [0.2, 0.25) is 0 Å². The monoisotopic (exact) mass is 566 g/mol. The van der Waals surface area contributed by atoms with E-state index in [-0.39, 0.29) is 27.8 Å². The number of amides is 1. The van der Waals surface area contributed by atoms with Crippen molar-refractivity contribution < 1.29 is 38.1 Å². The number of benzene rings is 2. The normalized spacial score (nSPS) is 16.2. The topological polar surface area (TPSA) is 115 Å². The number of carbonyl (C=O) groups excluding carboxylic acids is 3. The van der Waals surface area contributed by atoms with Crippen molar-refractivity contribution in [3.63, 3.8) is 0 Å². The van der Waals surface area contributed by atoms with E-state index < -0.39 is 35.3 Å². The Morgan fingerprint density at radius 3 is 2.60 bits per heavy atom. The molecule has 4 rings (SSSR count). The van der Waals surface area contributed by atoms with Gasteiger partial charge in [0.15, 0.2) is 16.6 Å². The van der Waals surface area contributed by atoms with Crippen LogP contribution in [0.25, 0.3) is 5.76 Å². The number of anilines is 1. The lowest BCUT2D eigenvalue weighted by atomic mass is 9.94. The largest absolute Gasteiger partial charge is 0.507 e. The lowest BCUT2D eigenvalue weighted by molar-refractivity contribution is -0.132. The number of halogens is 1. The molecule has 0 saturated carbocycles. The van der Waals surface area contributed by atoms with Gasteiger partial charge in [-0.25, -0.2) is 14.2 Å². The van der Waals surface area contributed by atoms with E-state index in [0.29, 0.717) is 34.9 Å². The van der Waals surface area contributed by atoms with Crippen LogP contribution in [0.3, 0.4) is 0 Å². The van der Waals surface area contributed by atoms with Crippen molar-refractivity contribution in [3.05, 3.63) is 87.7 Å². The van der Waals surface area contributed by atoms with Crippen LogP contribution in [-0.4, -0.2) is 48.1 Å². The predicted molar refractivity (Wildman–Crippen MR) is 147 cm³/mol. The van der Waals surface area contributed by atoms with Gasteiger partial charge in [0.25, 0.3) is 5.78 Å². The van der Waals surface area contributed by atoms with Gasteiger partial charge >= 0.3 is 11.9 Å². The molecule has 1 aliphatic heterocycles. The number of hydrogen-bond acceptors (Lipinski definition) is 9. The van der Waals surface area contributed by atoms with Crippen LogP contribution in [0.5, 0.6) is 11.5 Å². The van der Waals surface area contributed by atoms with Crippen molar-refractivity contribution >= 4 is 39.9 Å². The summed E-state index contributed by atoms with van der Waals surface area (Å²) < 4.78 is 30.6. The zero-order chi connectivity index (χ0) is 29.1. The Balaban J connectivity index is 1.93. The van der Waals surface area contributed by atoms with Crippen LogP contribution < -0.4 is 14.4 Å². The minimum Gasteiger partial charge on any atom is -0.507 e. The molecular formula is C29H27FN2O7S. The van der Waals surface area contributed by atoms with Gasteiger partial charge in [-0.1, -0.05) is 42.2 Å². The zero-order valence-corrected chi connectivity index (χ0v) is 23.1. The van der Waals surface area contributed by atoms with E-state index in [9.17, 15) is 23.9 Å². The highest BCUT2D eigenvalue weighted by Crippen LogP contribution is 2.45. The van der Waals surface area contributed by atoms with Crippen molar-refractivity contribution in [1.29, 1.82) is 0 Å². The van der Waals surface area contributed by atoms with Crippen LogP contribution in [0.2, 0.25) is 0 Å². The van der Waals surface area contributed by atoms with Gasteiger partial charge in [-0.05, 0) is 50.1 Å². The summed E-state index contributed by atoms with van der Waals surface area (Å²) >= 11 is 0.867. The molecular weight excluding hydrogens is 539 g/mol. The Morgan fingerprint density at radius 2 is 1.95 bits per heavy atom. The number of carbonyl (C=O) groups is 3. The quantitative estimate of drug-likeness (QED) is 0.122. The van der Waals surface area contributed by atoms with Gasteiger partial charge in [0, 0.05) is 5.56 Å². The number of aliphatic hydroxyl groups excluding tert-OH is 1. The number of aromatic nitrogens is 1. The number of esters is 1. The SMILES string of the molecule is C=CCOC(=O)c1sc(N2C(=O)C(=O)/C(=C(\O)c3ccc(C)c(F)c3)C2c2ccc(OCC)c(OC)c2)nc1C. The molecule has 2 aromatic carbocycles. The molecule has 11 heteroatoms. The molecule has 1 aliphatic rings. The molecule has 1 amide bonds. The Labute approximate surface area is 234 Å². The number of thiazole rings is 1. The van der Waals surface area contributed by atoms with Gasteiger partial charge in [-0.15, -0.1) is 0 Å². The summed E-state index contributed by atoms with van der Waals surface area (Å²) in [6.45, 7) is 8.82. The van der Waals surface area contributed by atoms with Gasteiger partial charge in [-0.3, -0.25) is 14.5 Å². The highest BCUT2D eigenvalue weighted by atomic mass is 32.1. The number of ketones is 1. The average molecular weight is 567 g/mol. The molecule has 3 aromatic rings. The first-order valence-electron chi connectivity index (χ1n) is 12.3. The van der Waals surface area contributed by atoms with Crippen LogP contribution >= 0.6 is 11.3 Å². The van der Waals surface area contributed by atoms with Gasteiger partial charge in [0.1, 0.15) is 23.1 Å². The maximum atomic E-state index is 14.4. The maximum absolute atomic E-state index is 14.4. The van der Waals surface area contributed by atoms with E-state index in [2.05, 4.69) is 11.6 Å². The Hall–Kier alpha value is -4.51. The molecule has 1 aromatic heterocycles. The number of aryl methyl sites for hydroxylation is 2. The van der Waals surface area contributed by atoms with Crippen molar-refractivity contribution in [2.24, 2.45) is 0 Å². The number of hydrogen-bond donors (Lipinski definition) is 1. The summed E-state index contributed by atoms with van der Waals surface area (Å²) in [4.78, 5) is 45.1. The molecule has 9 nitrogen and oxygen atoms in total. The van der Waals surface area contributed by atoms with Gasteiger partial charge in [-0.2, -0.15) is 0 Å². The fourth-order valence-corrected chi connectivity index (χ4v) is 5.23. The van der Waals surface area contributed by atoms with Crippen LogP contribution in [-0.2, 0) is 14.3 Å². The Morgan fingerprint density at radius 1 is 1.20 bits per heavy atom. The number of rotatable bonds is 9. The van der Waals surface area contributed by atoms with E-state index in [1.54, 1.807) is 32.0 Å². The predicted octanol–water partition coefficient (Wildman–Crippen LogP) is 5.28. The molecule has 0 radical (unpaired) electrons. The van der Waals surface area contributed by atoms with E-state index in [4.69, 9.17) is 14.2 Å². The fraction of sp³-hybridized carbons (Fsp3) is 0.241. The maximum Gasteiger partial charge on any atom is 0.350 e. The lowest BCUT2D eigenvalue weighted by Gasteiger charge is -2.24. The molecule has 0 aliphatic carbocycles. The van der Waals surface area contributed by atoms with Crippen LogP contribution in [0.1, 0.15) is 45.0 Å². The van der Waals surface area contributed by atoms with Crippen LogP contribution in [0, 0.1) is 19.7 Å². The second-order valence-corrected chi connectivity index (χ2v) is 9.75. The van der Waals surface area contributed by atoms with E-state index in [1.807, 2.05) is 6.92 Å². The lowest BCUT2D eigenvalue weighted by Crippen LogP contribution is -2.29. The van der Waals surface area contributed by atoms with E-state index in [1.165, 1.54) is 25.3 Å². The summed E-state index contributed by atoms with van der Waals surface area (Å²) in [6, 6.07) is 7.65. The third-order valence-electron chi connectivity index (χ3n) is 6.20. The number of nitrogens with zero attached hydrogens (tertiary/aromatic N) is 2. The fourth-order valence-electron chi connectivity index (χ4n) is 4.24. The third kappa shape index (κ3) is 5.20. The second kappa shape index (κ2) is 11.7. The second-order valence-electron chi connectivity index (χ2n) is 8.77. The number of methoxy groups -OCH3 is 1. The molecule has 0 bridgehead atoms. The smallest absolute Gasteiger partial charge is 0.350 e. The molecule has 208 valence electrons. The average Bonchev–Trinajstić information content (AvgIpc) is 3.45. The molecule has 1 saturated heterocycles. The van der Waals surface area contributed by atoms with Crippen LogP contribution in [0.15, 0.2) is 54.6 Å². The molecule has 0 spiro atoms. The van der Waals surface area contributed by atoms with E-state index in [0.717, 1.165) is 22.3 Å². The molecule has 2 heterocycles. The van der Waals surface area contributed by atoms with Crippen molar-refractivity contribution in [2.75, 3.05) is 25.2 Å². The molecule has 1 atom stereocenters. The number of aliphatic hydroxyl groups is 1. The van der Waals surface area contributed by atoms with Gasteiger partial charge < -0.3 is 19.3 Å². The van der Waals surface area contributed by atoms with Crippen molar-refractivity contribution in [2.45, 2.75) is 26.8 Å². The molecule has 1 fully saturated rings. The summed E-state index contributed by atoms with van der Waals surface area (Å²) in [6.07, 6.45) is 1.42. The molecule has 1 unspecified atom stereocenters. The summed E-state index contributed by atoms with van der Waals surface area (Å²) in [5.41, 5.74) is 0.770. The third-order valence-corrected chi connectivity index (χ3v) is 7.34. The van der Waals surface area contributed by atoms with E-state index >= 15 is 0 Å². The molecule has 1 N–H and O–H groups in total. The summed E-state index contributed by atoms with van der Waals surface area (Å²) in [5, 5.41) is 11.3. The minimum absolute atomic E-state index is 0.0187. The van der Waals surface area contributed by atoms with Crippen molar-refractivity contribution in [3.8, 4) is 11.5 Å². The number of Topliss-reactive ketones (excluding diaryl/α,β-unsaturated/α-hetero) is 1. The number of ether oxygens (including phenoxy) is 3. The van der Waals surface area contributed by atoms with Crippen LogP contribution in [0.4, 0.5) is 9.52 Å². The summed E-state index contributed by atoms with van der Waals surface area (Å²) in [5.74, 6) is -3.02. The first kappa shape index (κ1) is 28.5. The highest BCUT2D eigenvalue weighted by molar-refractivity contribution is 7.17. The first-order chi connectivity index (χ1) is 19.1. The standard InChI is InChI=1S/C29H27FN2O7S/c1-6-12-39-28(36)26-16(4)31-29(40-26)32-23(17-10-11-20(38-7-2)21(14-17)37-5)22(25(34)27(32)35)24(33)18-9-8-15(3)19(30)13-18/h6,8-11,13-14,23,33H,1,7,12H2,2-5H3/b24-22-. The highest BCUT2D eigenvalue weighted by Gasteiger charge is 2.48. The summed E-state index contributed by atoms with van der Waals surface area (Å²) in [7, 11) is 1.44. The Bertz CT molecular complexity index is 1550. The molecule has 40 heavy (non-hydrogen) atoms. The zero-order valence-electron chi connectivity index (χ0n) is 22.3.